The topological polar surface area (TPSA) is 57.6 Å². The third kappa shape index (κ3) is 2.87. The van der Waals surface area contributed by atoms with Crippen molar-refractivity contribution < 1.29 is 14.7 Å². The van der Waals surface area contributed by atoms with Crippen molar-refractivity contribution in [3.63, 3.8) is 0 Å². The second-order valence-corrected chi connectivity index (χ2v) is 6.65. The summed E-state index contributed by atoms with van der Waals surface area (Å²) in [5, 5.41) is 13.2. The first-order valence-corrected chi connectivity index (χ1v) is 8.14. The Morgan fingerprint density at radius 3 is 2.55 bits per heavy atom. The fraction of sp³-hybridized carbons (Fsp3) is 0.600. The third-order valence-corrected chi connectivity index (χ3v) is 5.07. The lowest BCUT2D eigenvalue weighted by Crippen LogP contribution is -2.36. The number of thiophene rings is 1. The van der Waals surface area contributed by atoms with Gasteiger partial charge in [0.2, 0.25) is 5.91 Å². The van der Waals surface area contributed by atoms with Gasteiger partial charge >= 0.3 is 5.97 Å². The van der Waals surface area contributed by atoms with Gasteiger partial charge in [-0.3, -0.25) is 9.59 Å². The normalized spacial score (nSPS) is 25.6. The van der Waals surface area contributed by atoms with Crippen LogP contribution >= 0.6 is 11.3 Å². The molecule has 0 saturated heterocycles. The molecule has 20 heavy (non-hydrogen) atoms. The van der Waals surface area contributed by atoms with E-state index in [1.165, 1.54) is 5.56 Å². The Kier molecular flexibility index (Phi) is 3.78. The largest absolute Gasteiger partial charge is 0.481 e. The van der Waals surface area contributed by atoms with Crippen LogP contribution < -0.4 is 0 Å². The number of rotatable bonds is 5. The number of amides is 1. The Balaban J connectivity index is 1.65. The summed E-state index contributed by atoms with van der Waals surface area (Å²) < 4.78 is 0. The van der Waals surface area contributed by atoms with Crippen molar-refractivity contribution in [3.8, 4) is 0 Å². The van der Waals surface area contributed by atoms with E-state index in [-0.39, 0.29) is 17.7 Å². The summed E-state index contributed by atoms with van der Waals surface area (Å²) >= 11 is 1.65. The average Bonchev–Trinajstić information content (AvgIpc) is 2.95. The van der Waals surface area contributed by atoms with E-state index in [1.807, 2.05) is 10.3 Å². The highest BCUT2D eigenvalue weighted by molar-refractivity contribution is 7.07. The van der Waals surface area contributed by atoms with Crippen LogP contribution in [0.3, 0.4) is 0 Å². The van der Waals surface area contributed by atoms with Crippen LogP contribution in [0.4, 0.5) is 0 Å². The Hall–Kier alpha value is -1.36. The molecule has 2 fully saturated rings. The minimum Gasteiger partial charge on any atom is -0.481 e. The van der Waals surface area contributed by atoms with Crippen LogP contribution in [0.25, 0.3) is 0 Å². The van der Waals surface area contributed by atoms with Crippen LogP contribution in [0.5, 0.6) is 0 Å². The highest BCUT2D eigenvalue weighted by Gasteiger charge is 2.40. The molecule has 1 amide bonds. The first-order valence-electron chi connectivity index (χ1n) is 7.19. The molecular formula is C15H19NO3S. The molecule has 5 heteroatoms. The van der Waals surface area contributed by atoms with Crippen LogP contribution in [0.1, 0.15) is 37.7 Å². The van der Waals surface area contributed by atoms with Gasteiger partial charge in [-0.1, -0.05) is 0 Å². The predicted octanol–water partition coefficient (Wildman–Crippen LogP) is 2.74. The minimum atomic E-state index is -0.754. The highest BCUT2D eigenvalue weighted by atomic mass is 32.1. The molecule has 3 rings (SSSR count). The second kappa shape index (κ2) is 5.56. The van der Waals surface area contributed by atoms with Gasteiger partial charge in [-0.05, 0) is 54.5 Å². The molecule has 0 bridgehead atoms. The first kappa shape index (κ1) is 13.6. The molecule has 2 aliphatic carbocycles. The van der Waals surface area contributed by atoms with Crippen molar-refractivity contribution >= 4 is 23.2 Å². The summed E-state index contributed by atoms with van der Waals surface area (Å²) in [4.78, 5) is 25.7. The fourth-order valence-electron chi connectivity index (χ4n) is 3.02. The number of hydrogen-bond acceptors (Lipinski definition) is 3. The molecule has 1 N–H and O–H groups in total. The van der Waals surface area contributed by atoms with Crippen molar-refractivity contribution in [1.29, 1.82) is 0 Å². The number of nitrogens with zero attached hydrogens (tertiary/aromatic N) is 1. The van der Waals surface area contributed by atoms with Crippen LogP contribution in [0.15, 0.2) is 16.8 Å². The Bertz CT molecular complexity index is 495. The van der Waals surface area contributed by atoms with Gasteiger partial charge in [0.1, 0.15) is 0 Å². The van der Waals surface area contributed by atoms with Gasteiger partial charge < -0.3 is 10.0 Å². The molecule has 4 nitrogen and oxygen atoms in total. The van der Waals surface area contributed by atoms with Gasteiger partial charge in [0.15, 0.2) is 0 Å². The summed E-state index contributed by atoms with van der Waals surface area (Å²) in [6.07, 6.45) is 4.06. The molecule has 0 radical (unpaired) electrons. The number of carboxylic acid groups (broad SMARTS) is 1. The maximum Gasteiger partial charge on any atom is 0.306 e. The van der Waals surface area contributed by atoms with E-state index in [2.05, 4.69) is 11.4 Å². The number of carbonyl (C=O) groups excluding carboxylic acids is 1. The van der Waals surface area contributed by atoms with Crippen LogP contribution in [0, 0.1) is 11.8 Å². The SMILES string of the molecule is O=C(O)[C@H]1CC[C@@H](C(=O)N(Cc2ccsc2)C2CC2)C1. The van der Waals surface area contributed by atoms with Gasteiger partial charge in [0, 0.05) is 18.5 Å². The van der Waals surface area contributed by atoms with E-state index in [0.29, 0.717) is 25.4 Å². The molecule has 1 aromatic rings. The standard InChI is InChI=1S/C15H19NO3S/c17-14(11-1-2-12(7-11)15(18)19)16(13-3-4-13)8-10-5-6-20-9-10/h5-6,9,11-13H,1-4,7-8H2,(H,18,19)/t11-,12+/m1/s1. The fourth-order valence-corrected chi connectivity index (χ4v) is 3.68. The van der Waals surface area contributed by atoms with E-state index in [0.717, 1.165) is 19.3 Å². The molecule has 2 atom stereocenters. The van der Waals surface area contributed by atoms with E-state index in [1.54, 1.807) is 11.3 Å². The molecule has 2 aliphatic rings. The number of aliphatic carboxylic acids is 1. The average molecular weight is 293 g/mol. The zero-order valence-electron chi connectivity index (χ0n) is 11.3. The minimum absolute atomic E-state index is 0.0877. The van der Waals surface area contributed by atoms with Crippen molar-refractivity contribution in [2.75, 3.05) is 0 Å². The Labute approximate surface area is 122 Å². The zero-order chi connectivity index (χ0) is 14.1. The maximum absolute atomic E-state index is 12.7. The van der Waals surface area contributed by atoms with Crippen molar-refractivity contribution in [1.82, 2.24) is 4.90 Å². The van der Waals surface area contributed by atoms with Gasteiger partial charge in [-0.15, -0.1) is 0 Å². The Morgan fingerprint density at radius 2 is 2.00 bits per heavy atom. The van der Waals surface area contributed by atoms with E-state index < -0.39 is 5.97 Å². The summed E-state index contributed by atoms with van der Waals surface area (Å²) in [5.74, 6) is -1.000. The lowest BCUT2D eigenvalue weighted by Gasteiger charge is -2.25. The molecule has 108 valence electrons. The molecule has 0 unspecified atom stereocenters. The molecular weight excluding hydrogens is 274 g/mol. The summed E-state index contributed by atoms with van der Waals surface area (Å²) in [5.41, 5.74) is 1.18. The van der Waals surface area contributed by atoms with E-state index >= 15 is 0 Å². The Morgan fingerprint density at radius 1 is 1.25 bits per heavy atom. The molecule has 2 saturated carbocycles. The van der Waals surface area contributed by atoms with Gasteiger partial charge in [0.25, 0.3) is 0 Å². The predicted molar refractivity (Wildman–Crippen MR) is 76.4 cm³/mol. The second-order valence-electron chi connectivity index (χ2n) is 5.87. The van der Waals surface area contributed by atoms with Gasteiger partial charge in [0.05, 0.1) is 5.92 Å². The first-order chi connectivity index (χ1) is 9.65. The van der Waals surface area contributed by atoms with Crippen LogP contribution in [0.2, 0.25) is 0 Å². The molecule has 0 spiro atoms. The van der Waals surface area contributed by atoms with Crippen molar-refractivity contribution in [2.45, 2.75) is 44.7 Å². The number of hydrogen-bond donors (Lipinski definition) is 1. The van der Waals surface area contributed by atoms with E-state index in [9.17, 15) is 9.59 Å². The monoisotopic (exact) mass is 293 g/mol. The maximum atomic E-state index is 12.7. The smallest absolute Gasteiger partial charge is 0.306 e. The number of carbonyl (C=O) groups is 2. The molecule has 0 aliphatic heterocycles. The quantitative estimate of drug-likeness (QED) is 0.908. The molecule has 0 aromatic carbocycles. The zero-order valence-corrected chi connectivity index (χ0v) is 12.1. The van der Waals surface area contributed by atoms with E-state index in [4.69, 9.17) is 5.11 Å². The molecule has 1 heterocycles. The summed E-state index contributed by atoms with van der Waals surface area (Å²) in [7, 11) is 0. The van der Waals surface area contributed by atoms with Crippen molar-refractivity contribution in [2.24, 2.45) is 11.8 Å². The van der Waals surface area contributed by atoms with Gasteiger partial charge in [-0.2, -0.15) is 11.3 Å². The molecule has 1 aromatic heterocycles. The summed E-state index contributed by atoms with van der Waals surface area (Å²) in [6, 6.07) is 2.44. The van der Waals surface area contributed by atoms with Crippen LogP contribution in [-0.4, -0.2) is 27.9 Å². The highest BCUT2D eigenvalue weighted by Crippen LogP contribution is 2.36. The van der Waals surface area contributed by atoms with Crippen LogP contribution in [-0.2, 0) is 16.1 Å². The van der Waals surface area contributed by atoms with Gasteiger partial charge in [-0.25, -0.2) is 0 Å². The lowest BCUT2D eigenvalue weighted by molar-refractivity contribution is -0.141. The summed E-state index contributed by atoms with van der Waals surface area (Å²) in [6.45, 7) is 0.682. The lowest BCUT2D eigenvalue weighted by atomic mass is 10.0. The third-order valence-electron chi connectivity index (χ3n) is 4.33. The van der Waals surface area contributed by atoms with Crippen molar-refractivity contribution in [3.05, 3.63) is 22.4 Å². The number of carboxylic acids is 1.